The summed E-state index contributed by atoms with van der Waals surface area (Å²) in [4.78, 5) is 0. The molecule has 0 fully saturated rings. The van der Waals surface area contributed by atoms with Crippen LogP contribution in [0, 0.1) is 0 Å². The molecule has 0 atom stereocenters. The first-order valence-electron chi connectivity index (χ1n) is 5.62. The van der Waals surface area contributed by atoms with Crippen LogP contribution in [0.5, 0.6) is 0 Å². The zero-order valence-electron chi connectivity index (χ0n) is 8.86. The van der Waals surface area contributed by atoms with Crippen LogP contribution in [-0.2, 0) is 0 Å². The lowest BCUT2D eigenvalue weighted by Crippen LogP contribution is -1.73. The molecular weight excluding hydrogens is 168 g/mol. The Kier molecular flexibility index (Phi) is 6.74. The molecule has 0 heteroatoms. The highest BCUT2D eigenvalue weighted by Gasteiger charge is 1.83. The second-order valence-electron chi connectivity index (χ2n) is 3.55. The Morgan fingerprint density at radius 1 is 0.500 bits per heavy atom. The van der Waals surface area contributed by atoms with E-state index < -0.39 is 0 Å². The molecular formula is C14H20. The fourth-order valence-corrected chi connectivity index (χ4v) is 1.42. The number of hydrogen-bond acceptors (Lipinski definition) is 0. The Bertz CT molecular complexity index is 202. The van der Waals surface area contributed by atoms with Crippen LogP contribution in [0.4, 0.5) is 0 Å². The van der Waals surface area contributed by atoms with Crippen LogP contribution in [0.1, 0.15) is 38.5 Å². The summed E-state index contributed by atoms with van der Waals surface area (Å²) < 4.78 is 0. The molecule has 0 nitrogen and oxygen atoms in total. The summed E-state index contributed by atoms with van der Waals surface area (Å²) in [5.74, 6) is 0. The Labute approximate surface area is 87.7 Å². The Morgan fingerprint density at radius 3 is 1.50 bits per heavy atom. The summed E-state index contributed by atoms with van der Waals surface area (Å²) in [7, 11) is 0. The molecule has 0 N–H and O–H groups in total. The van der Waals surface area contributed by atoms with E-state index >= 15 is 0 Å². The van der Waals surface area contributed by atoms with Gasteiger partial charge in [0.25, 0.3) is 0 Å². The van der Waals surface area contributed by atoms with E-state index in [0.29, 0.717) is 0 Å². The molecule has 0 saturated heterocycles. The van der Waals surface area contributed by atoms with Gasteiger partial charge in [-0.3, -0.25) is 0 Å². The minimum Gasteiger partial charge on any atom is -0.0882 e. The molecule has 0 aromatic carbocycles. The van der Waals surface area contributed by atoms with E-state index in [1.54, 1.807) is 0 Å². The van der Waals surface area contributed by atoms with Crippen molar-refractivity contribution in [2.75, 3.05) is 0 Å². The smallest absolute Gasteiger partial charge is 0.0166 e. The lowest BCUT2D eigenvalue weighted by Gasteiger charge is -1.93. The van der Waals surface area contributed by atoms with Gasteiger partial charge in [-0.1, -0.05) is 48.6 Å². The number of rotatable bonds is 0. The van der Waals surface area contributed by atoms with Crippen molar-refractivity contribution in [3.63, 3.8) is 0 Å². The van der Waals surface area contributed by atoms with Crippen LogP contribution in [0.25, 0.3) is 0 Å². The third-order valence-corrected chi connectivity index (χ3v) is 2.25. The zero-order chi connectivity index (χ0) is 9.90. The maximum atomic E-state index is 2.30. The van der Waals surface area contributed by atoms with Crippen LogP contribution in [-0.4, -0.2) is 0 Å². The van der Waals surface area contributed by atoms with Crippen molar-refractivity contribution in [1.82, 2.24) is 0 Å². The molecule has 0 heterocycles. The topological polar surface area (TPSA) is 0 Å². The summed E-state index contributed by atoms with van der Waals surface area (Å²) in [6.45, 7) is 0. The van der Waals surface area contributed by atoms with Crippen molar-refractivity contribution in [3.05, 3.63) is 48.6 Å². The van der Waals surface area contributed by atoms with E-state index in [2.05, 4.69) is 48.6 Å². The fraction of sp³-hybridized carbons (Fsp3) is 0.429. The molecule has 0 spiro atoms. The van der Waals surface area contributed by atoms with Gasteiger partial charge in [-0.25, -0.2) is 0 Å². The highest BCUT2D eigenvalue weighted by atomic mass is 13.9. The van der Waals surface area contributed by atoms with Gasteiger partial charge in [0.1, 0.15) is 0 Å². The summed E-state index contributed by atoms with van der Waals surface area (Å²) in [5, 5.41) is 0. The molecule has 0 amide bonds. The predicted octanol–water partition coefficient (Wildman–Crippen LogP) is 4.57. The molecule has 14 heavy (non-hydrogen) atoms. The first-order valence-corrected chi connectivity index (χ1v) is 5.62. The maximum absolute atomic E-state index is 2.30. The van der Waals surface area contributed by atoms with Gasteiger partial charge in [-0.2, -0.15) is 0 Å². The summed E-state index contributed by atoms with van der Waals surface area (Å²) in [5.41, 5.74) is 0. The molecule has 0 saturated carbocycles. The quantitative estimate of drug-likeness (QED) is 0.489. The van der Waals surface area contributed by atoms with Crippen LogP contribution >= 0.6 is 0 Å². The summed E-state index contributed by atoms with van der Waals surface area (Å²) in [6, 6.07) is 0. The largest absolute Gasteiger partial charge is 0.0882 e. The van der Waals surface area contributed by atoms with Gasteiger partial charge in [0.2, 0.25) is 0 Å². The normalized spacial score (nSPS) is 24.0. The van der Waals surface area contributed by atoms with Crippen molar-refractivity contribution in [2.24, 2.45) is 0 Å². The third kappa shape index (κ3) is 6.47. The highest BCUT2D eigenvalue weighted by Crippen LogP contribution is 2.03. The monoisotopic (exact) mass is 188 g/mol. The van der Waals surface area contributed by atoms with Gasteiger partial charge in [0.15, 0.2) is 0 Å². The third-order valence-electron chi connectivity index (χ3n) is 2.25. The molecule has 0 aliphatic heterocycles. The van der Waals surface area contributed by atoms with E-state index in [4.69, 9.17) is 0 Å². The Balaban J connectivity index is 2.35. The second-order valence-corrected chi connectivity index (χ2v) is 3.55. The number of hydrogen-bond donors (Lipinski definition) is 0. The van der Waals surface area contributed by atoms with Gasteiger partial charge in [0.05, 0.1) is 0 Å². The van der Waals surface area contributed by atoms with E-state index in [-0.39, 0.29) is 0 Å². The van der Waals surface area contributed by atoms with Crippen molar-refractivity contribution in [3.8, 4) is 0 Å². The standard InChI is InChI=1S/C14H20/c1-2-4-6-8-10-12-14-13-11-9-7-5-3-1/h1-4,7-10H,5-6,11-14H2/b3-1?,4-2?,9-7-,10-8+. The molecule has 0 radical (unpaired) electrons. The maximum Gasteiger partial charge on any atom is -0.0166 e. The average Bonchev–Trinajstić information content (AvgIpc) is 2.22. The summed E-state index contributed by atoms with van der Waals surface area (Å²) in [6.07, 6.45) is 25.0. The van der Waals surface area contributed by atoms with E-state index in [9.17, 15) is 0 Å². The molecule has 76 valence electrons. The average molecular weight is 188 g/mol. The molecule has 1 rings (SSSR count). The minimum absolute atomic E-state index is 1.07. The molecule has 1 aliphatic carbocycles. The molecule has 0 aromatic rings. The first kappa shape index (κ1) is 11.0. The van der Waals surface area contributed by atoms with Crippen molar-refractivity contribution >= 4 is 0 Å². The van der Waals surface area contributed by atoms with Crippen LogP contribution < -0.4 is 0 Å². The van der Waals surface area contributed by atoms with Crippen LogP contribution in [0.15, 0.2) is 48.6 Å². The van der Waals surface area contributed by atoms with Crippen molar-refractivity contribution < 1.29 is 0 Å². The Morgan fingerprint density at radius 2 is 1.00 bits per heavy atom. The van der Waals surface area contributed by atoms with E-state index in [0.717, 1.165) is 12.8 Å². The van der Waals surface area contributed by atoms with Gasteiger partial charge in [-0.15, -0.1) is 0 Å². The van der Waals surface area contributed by atoms with Gasteiger partial charge < -0.3 is 0 Å². The van der Waals surface area contributed by atoms with Crippen molar-refractivity contribution in [2.45, 2.75) is 38.5 Å². The second kappa shape index (κ2) is 8.55. The van der Waals surface area contributed by atoms with Gasteiger partial charge in [0, 0.05) is 0 Å². The molecule has 0 aromatic heterocycles. The fourth-order valence-electron chi connectivity index (χ4n) is 1.42. The molecule has 0 unspecified atom stereocenters. The van der Waals surface area contributed by atoms with E-state index in [1.807, 2.05) is 0 Å². The predicted molar refractivity (Wildman–Crippen MR) is 64.3 cm³/mol. The van der Waals surface area contributed by atoms with Crippen LogP contribution in [0.2, 0.25) is 0 Å². The summed E-state index contributed by atoms with van der Waals surface area (Å²) >= 11 is 0. The van der Waals surface area contributed by atoms with Crippen LogP contribution in [0.3, 0.4) is 0 Å². The first-order chi connectivity index (χ1) is 7.00. The van der Waals surface area contributed by atoms with Gasteiger partial charge >= 0.3 is 0 Å². The highest BCUT2D eigenvalue weighted by molar-refractivity contribution is 5.06. The molecule has 0 bridgehead atoms. The Hall–Kier alpha value is -1.04. The molecule has 1 aliphatic rings. The van der Waals surface area contributed by atoms with Crippen molar-refractivity contribution in [1.29, 1.82) is 0 Å². The lowest BCUT2D eigenvalue weighted by atomic mass is 10.1. The van der Waals surface area contributed by atoms with Gasteiger partial charge in [-0.05, 0) is 38.5 Å². The zero-order valence-corrected chi connectivity index (χ0v) is 8.86. The van der Waals surface area contributed by atoms with E-state index in [1.165, 1.54) is 25.7 Å². The lowest BCUT2D eigenvalue weighted by molar-refractivity contribution is 0.760. The minimum atomic E-state index is 1.07. The number of allylic oxidation sites excluding steroid dienone is 8. The SMILES string of the molecule is C1=CC/C=C\CCCC/C=C/CC=C1.